The molecule has 148 valence electrons. The number of nitrogens with zero attached hydrogens (tertiary/aromatic N) is 5. The molecule has 0 saturated carbocycles. The number of ether oxygens (including phenoxy) is 1. The molecular formula is C19H19N7O3. The molecule has 10 nitrogen and oxygen atoms in total. The Bertz CT molecular complexity index is 1260. The number of aromatic nitrogens is 7. The van der Waals surface area contributed by atoms with E-state index >= 15 is 0 Å². The number of aromatic hydroxyl groups is 1. The highest BCUT2D eigenvalue weighted by atomic mass is 16.5. The molecule has 1 aromatic carbocycles. The summed E-state index contributed by atoms with van der Waals surface area (Å²) < 4.78 is 9.77. The van der Waals surface area contributed by atoms with Crippen LogP contribution in [0.2, 0.25) is 0 Å². The van der Waals surface area contributed by atoms with Gasteiger partial charge in [0.25, 0.3) is 5.56 Å². The van der Waals surface area contributed by atoms with Crippen LogP contribution in [-0.4, -0.2) is 46.2 Å². The highest BCUT2D eigenvalue weighted by Gasteiger charge is 2.23. The fourth-order valence-corrected chi connectivity index (χ4v) is 3.57. The molecule has 29 heavy (non-hydrogen) atoms. The van der Waals surface area contributed by atoms with E-state index in [-0.39, 0.29) is 17.5 Å². The van der Waals surface area contributed by atoms with Crippen molar-refractivity contribution < 1.29 is 9.84 Å². The summed E-state index contributed by atoms with van der Waals surface area (Å²) in [6.07, 6.45) is 3.48. The topological polar surface area (TPSA) is 127 Å². The van der Waals surface area contributed by atoms with E-state index in [0.29, 0.717) is 30.3 Å². The first-order chi connectivity index (χ1) is 14.0. The molecule has 0 bridgehead atoms. The van der Waals surface area contributed by atoms with Gasteiger partial charge in [-0.3, -0.25) is 15.0 Å². The van der Waals surface area contributed by atoms with Crippen molar-refractivity contribution in [3.05, 3.63) is 41.1 Å². The van der Waals surface area contributed by atoms with E-state index in [2.05, 4.69) is 20.3 Å². The molecule has 0 atom stereocenters. The van der Waals surface area contributed by atoms with Crippen molar-refractivity contribution in [2.75, 3.05) is 6.61 Å². The molecule has 10 heteroatoms. The summed E-state index contributed by atoms with van der Waals surface area (Å²) in [4.78, 5) is 21.2. The molecule has 5 rings (SSSR count). The van der Waals surface area contributed by atoms with Gasteiger partial charge in [0.05, 0.1) is 12.1 Å². The number of hydrogen-bond donors (Lipinski definition) is 3. The first-order valence-corrected chi connectivity index (χ1v) is 9.27. The smallest absolute Gasteiger partial charge is 0.275 e. The first-order valence-electron chi connectivity index (χ1n) is 9.27. The van der Waals surface area contributed by atoms with E-state index in [1.54, 1.807) is 12.1 Å². The Labute approximate surface area is 164 Å². The number of nitrogens with one attached hydrogen (secondary N) is 2. The molecule has 1 aliphatic rings. The average molecular weight is 393 g/mol. The van der Waals surface area contributed by atoms with Crippen molar-refractivity contribution in [1.29, 1.82) is 0 Å². The Morgan fingerprint density at radius 3 is 2.86 bits per heavy atom. The number of H-pyrrole nitrogens is 2. The van der Waals surface area contributed by atoms with Crippen molar-refractivity contribution in [3.8, 4) is 45.7 Å². The second kappa shape index (κ2) is 6.36. The highest BCUT2D eigenvalue weighted by Crippen LogP contribution is 2.37. The van der Waals surface area contributed by atoms with Crippen molar-refractivity contribution in [3.63, 3.8) is 0 Å². The van der Waals surface area contributed by atoms with Crippen molar-refractivity contribution in [2.24, 2.45) is 0 Å². The van der Waals surface area contributed by atoms with E-state index in [9.17, 15) is 9.90 Å². The molecule has 0 radical (unpaired) electrons. The summed E-state index contributed by atoms with van der Waals surface area (Å²) in [5.41, 5.74) is 1.88. The lowest BCUT2D eigenvalue weighted by Crippen LogP contribution is -2.06. The van der Waals surface area contributed by atoms with E-state index < -0.39 is 5.56 Å². The maximum absolute atomic E-state index is 12.0. The lowest BCUT2D eigenvalue weighted by atomic mass is 10.0. The predicted octanol–water partition coefficient (Wildman–Crippen LogP) is 2.17. The minimum absolute atomic E-state index is 0.166. The summed E-state index contributed by atoms with van der Waals surface area (Å²) >= 11 is 0. The number of hydrogen-bond acceptors (Lipinski definition) is 6. The third-order valence-corrected chi connectivity index (χ3v) is 4.93. The third-order valence-electron chi connectivity index (χ3n) is 4.93. The highest BCUT2D eigenvalue weighted by molar-refractivity contribution is 5.76. The van der Waals surface area contributed by atoms with Crippen LogP contribution in [0.3, 0.4) is 0 Å². The van der Waals surface area contributed by atoms with E-state index in [1.165, 1.54) is 6.33 Å². The maximum atomic E-state index is 12.0. The lowest BCUT2D eigenvalue weighted by molar-refractivity contribution is 0.307. The molecule has 0 aliphatic carbocycles. The summed E-state index contributed by atoms with van der Waals surface area (Å²) in [5.74, 6) is 1.86. The summed E-state index contributed by atoms with van der Waals surface area (Å²) in [6, 6.07) is 5.52. The molecule has 0 spiro atoms. The van der Waals surface area contributed by atoms with Crippen LogP contribution in [-0.2, 0) is 6.54 Å². The molecule has 0 fully saturated rings. The van der Waals surface area contributed by atoms with Gasteiger partial charge in [-0.15, -0.1) is 0 Å². The lowest BCUT2D eigenvalue weighted by Gasteiger charge is -2.09. The molecule has 0 unspecified atom stereocenters. The minimum Gasteiger partial charge on any atom is -0.493 e. The average Bonchev–Trinajstić information content (AvgIpc) is 3.39. The SMILES string of the molecule is CC(C)n1ncnc1-c1cn2c(n1)-c1ccc(-c3c(O)[nH][nH]c3=O)cc1OCC2. The number of aromatic amines is 2. The molecule has 1 aliphatic heterocycles. The monoisotopic (exact) mass is 393 g/mol. The molecule has 4 aromatic rings. The van der Waals surface area contributed by atoms with Gasteiger partial charge in [0.2, 0.25) is 5.88 Å². The second-order valence-corrected chi connectivity index (χ2v) is 7.13. The van der Waals surface area contributed by atoms with Crippen LogP contribution >= 0.6 is 0 Å². The maximum Gasteiger partial charge on any atom is 0.275 e. The first kappa shape index (κ1) is 17.3. The Morgan fingerprint density at radius 2 is 2.10 bits per heavy atom. The van der Waals surface area contributed by atoms with Gasteiger partial charge in [-0.2, -0.15) is 5.10 Å². The number of fused-ring (bicyclic) bond motifs is 3. The van der Waals surface area contributed by atoms with Crippen LogP contribution in [0.15, 0.2) is 35.5 Å². The van der Waals surface area contributed by atoms with Gasteiger partial charge in [-0.25, -0.2) is 14.6 Å². The van der Waals surface area contributed by atoms with E-state index in [1.807, 2.05) is 35.4 Å². The molecule has 3 N–H and O–H groups in total. The van der Waals surface area contributed by atoms with Crippen LogP contribution in [0.4, 0.5) is 0 Å². The number of rotatable bonds is 3. The minimum atomic E-state index is -0.395. The normalized spacial score (nSPS) is 13.1. The van der Waals surface area contributed by atoms with Crippen LogP contribution < -0.4 is 10.3 Å². The molecular weight excluding hydrogens is 374 g/mol. The predicted molar refractivity (Wildman–Crippen MR) is 105 cm³/mol. The van der Waals surface area contributed by atoms with E-state index in [0.717, 1.165) is 17.1 Å². The second-order valence-electron chi connectivity index (χ2n) is 7.13. The Hall–Kier alpha value is -3.82. The van der Waals surface area contributed by atoms with Crippen LogP contribution in [0.1, 0.15) is 19.9 Å². The van der Waals surface area contributed by atoms with Crippen molar-refractivity contribution in [2.45, 2.75) is 26.4 Å². The molecule has 3 aromatic heterocycles. The van der Waals surface area contributed by atoms with Crippen LogP contribution in [0.5, 0.6) is 11.6 Å². The molecule has 0 amide bonds. The van der Waals surface area contributed by atoms with Gasteiger partial charge in [0, 0.05) is 12.2 Å². The Balaban J connectivity index is 1.62. The van der Waals surface area contributed by atoms with Crippen molar-refractivity contribution in [1.82, 2.24) is 34.5 Å². The van der Waals surface area contributed by atoms with Crippen molar-refractivity contribution >= 4 is 0 Å². The van der Waals surface area contributed by atoms with Crippen LogP contribution in [0.25, 0.3) is 34.0 Å². The van der Waals surface area contributed by atoms with Gasteiger partial charge >= 0.3 is 0 Å². The van der Waals surface area contributed by atoms with Gasteiger partial charge in [-0.05, 0) is 31.5 Å². The van der Waals surface area contributed by atoms with Gasteiger partial charge in [0.1, 0.15) is 35.8 Å². The van der Waals surface area contributed by atoms with Gasteiger partial charge in [-0.1, -0.05) is 6.07 Å². The number of benzene rings is 1. The fraction of sp³-hybridized carbons (Fsp3) is 0.263. The fourth-order valence-electron chi connectivity index (χ4n) is 3.57. The zero-order valence-electron chi connectivity index (χ0n) is 15.9. The summed E-state index contributed by atoms with van der Waals surface area (Å²) in [5, 5.41) is 19.0. The van der Waals surface area contributed by atoms with Crippen LogP contribution in [0, 0.1) is 0 Å². The standard InChI is InChI=1S/C19H19N7O3/c1-10(2)26-17(20-9-21-26)13-8-25-5-6-29-14-7-11(3-4-12(14)16(25)22-13)15-18(27)23-24-19(15)28/h3-4,7-10H,5-6H2,1-2H3,(H3,23,24,27,28). The van der Waals surface area contributed by atoms with E-state index in [4.69, 9.17) is 9.72 Å². The zero-order chi connectivity index (χ0) is 20.1. The molecule has 4 heterocycles. The molecule has 0 saturated heterocycles. The Kier molecular flexibility index (Phi) is 3.79. The largest absolute Gasteiger partial charge is 0.493 e. The summed E-state index contributed by atoms with van der Waals surface area (Å²) in [7, 11) is 0. The number of imidazole rings is 1. The quantitative estimate of drug-likeness (QED) is 0.490. The third kappa shape index (κ3) is 2.72. The zero-order valence-corrected chi connectivity index (χ0v) is 15.9. The van der Waals surface area contributed by atoms with Gasteiger partial charge in [0.15, 0.2) is 5.82 Å². The Morgan fingerprint density at radius 1 is 1.24 bits per heavy atom. The summed E-state index contributed by atoms with van der Waals surface area (Å²) in [6.45, 7) is 5.16. The van der Waals surface area contributed by atoms with Gasteiger partial charge < -0.3 is 14.4 Å².